The number of aryl methyl sites for hydroxylation is 1. The predicted molar refractivity (Wildman–Crippen MR) is 156 cm³/mol. The maximum atomic E-state index is 13.9. The Morgan fingerprint density at radius 2 is 2.02 bits per heavy atom. The van der Waals surface area contributed by atoms with Gasteiger partial charge in [0.2, 0.25) is 15.2 Å². The number of carbonyl (C=O) groups excluding carboxylic acids is 1. The Morgan fingerprint density at radius 3 is 2.56 bits per heavy atom. The number of nitrogens with zero attached hydrogens (tertiary/aromatic N) is 5. The third kappa shape index (κ3) is 5.61. The number of ether oxygens (including phenoxy) is 2. The van der Waals surface area contributed by atoms with Crippen molar-refractivity contribution in [1.82, 2.24) is 29.0 Å². The number of carbonyl (C=O) groups is 1. The van der Waals surface area contributed by atoms with Crippen LogP contribution in [0.25, 0.3) is 21.7 Å². The minimum Gasteiger partial charge on any atom is -0.394 e. The zero-order chi connectivity index (χ0) is 32.1. The molecule has 1 saturated heterocycles. The summed E-state index contributed by atoms with van der Waals surface area (Å²) in [7, 11) is -4.38. The van der Waals surface area contributed by atoms with Gasteiger partial charge in [-0.25, -0.2) is 31.0 Å². The SMILES string of the molecule is CCn1c(=O)n(-c2nnc(C(F)F)s2)c2cc(S(=O)(=O)NC3(CF)COC3)cc(C3=CCN(C(=O)C4(OCCO)CC4)CC3)c21. The number of benzene rings is 1. The summed E-state index contributed by atoms with van der Waals surface area (Å²) in [5, 5.41) is 15.7. The Hall–Kier alpha value is -3.16. The molecule has 244 valence electrons. The zero-order valence-electron chi connectivity index (χ0n) is 24.2. The molecule has 2 fully saturated rings. The van der Waals surface area contributed by atoms with Gasteiger partial charge >= 0.3 is 5.69 Å². The van der Waals surface area contributed by atoms with Crippen LogP contribution in [-0.4, -0.2) is 101 Å². The lowest BCUT2D eigenvalue weighted by Crippen LogP contribution is -2.63. The van der Waals surface area contributed by atoms with Gasteiger partial charge in [0.1, 0.15) is 17.8 Å². The molecule has 0 radical (unpaired) electrons. The van der Waals surface area contributed by atoms with Crippen LogP contribution in [0.15, 0.2) is 27.9 Å². The molecule has 2 aromatic heterocycles. The number of amides is 1. The van der Waals surface area contributed by atoms with Crippen LogP contribution < -0.4 is 10.4 Å². The van der Waals surface area contributed by atoms with Crippen molar-refractivity contribution in [3.63, 3.8) is 0 Å². The van der Waals surface area contributed by atoms with Crippen molar-refractivity contribution in [2.24, 2.45) is 0 Å². The van der Waals surface area contributed by atoms with Crippen LogP contribution in [0.4, 0.5) is 13.2 Å². The number of rotatable bonds is 12. The van der Waals surface area contributed by atoms with Gasteiger partial charge in [-0.15, -0.1) is 10.2 Å². The Bertz CT molecular complexity index is 1820. The number of sulfonamides is 1. The van der Waals surface area contributed by atoms with Crippen molar-refractivity contribution in [2.45, 2.75) is 55.2 Å². The van der Waals surface area contributed by atoms with E-state index in [0.717, 1.165) is 4.57 Å². The maximum absolute atomic E-state index is 13.9. The predicted octanol–water partition coefficient (Wildman–Crippen LogP) is 1.78. The molecule has 0 unspecified atom stereocenters. The topological polar surface area (TPSA) is 158 Å². The summed E-state index contributed by atoms with van der Waals surface area (Å²) >= 11 is 0.505. The van der Waals surface area contributed by atoms with E-state index in [0.29, 0.717) is 47.3 Å². The molecule has 1 aromatic carbocycles. The van der Waals surface area contributed by atoms with Gasteiger partial charge in [-0.3, -0.25) is 9.36 Å². The van der Waals surface area contributed by atoms with Gasteiger partial charge < -0.3 is 19.5 Å². The van der Waals surface area contributed by atoms with E-state index in [1.165, 1.54) is 16.7 Å². The summed E-state index contributed by atoms with van der Waals surface area (Å²) < 4.78 is 83.5. The Labute approximate surface area is 259 Å². The van der Waals surface area contributed by atoms with Crippen molar-refractivity contribution >= 4 is 43.9 Å². The van der Waals surface area contributed by atoms with Gasteiger partial charge in [-0.05, 0) is 43.9 Å². The molecule has 0 atom stereocenters. The molecule has 0 bridgehead atoms. The van der Waals surface area contributed by atoms with Crippen molar-refractivity contribution < 1.29 is 41.0 Å². The van der Waals surface area contributed by atoms with Crippen molar-refractivity contribution in [3.8, 4) is 5.13 Å². The number of hydrogen-bond acceptors (Lipinski definition) is 10. The van der Waals surface area contributed by atoms with E-state index in [1.807, 2.05) is 0 Å². The van der Waals surface area contributed by atoms with Gasteiger partial charge in [0.25, 0.3) is 12.3 Å². The summed E-state index contributed by atoms with van der Waals surface area (Å²) in [6.07, 6.45) is 0.242. The van der Waals surface area contributed by atoms with Crippen LogP contribution in [0, 0.1) is 0 Å². The molecule has 1 amide bonds. The van der Waals surface area contributed by atoms with Crippen molar-refractivity contribution in [2.75, 3.05) is 46.2 Å². The number of aliphatic hydroxyl groups is 1. The average Bonchev–Trinajstić information content (AvgIpc) is 3.54. The first-order valence-electron chi connectivity index (χ1n) is 14.3. The molecule has 13 nitrogen and oxygen atoms in total. The smallest absolute Gasteiger partial charge is 0.335 e. The minimum atomic E-state index is -4.38. The first-order valence-corrected chi connectivity index (χ1v) is 16.6. The molecule has 6 rings (SSSR count). The molecule has 45 heavy (non-hydrogen) atoms. The van der Waals surface area contributed by atoms with Gasteiger partial charge in [0, 0.05) is 25.2 Å². The van der Waals surface area contributed by atoms with E-state index in [-0.39, 0.29) is 67.5 Å². The molecule has 3 aromatic rings. The Balaban J connectivity index is 1.47. The van der Waals surface area contributed by atoms with Crippen LogP contribution in [-0.2, 0) is 30.8 Å². The van der Waals surface area contributed by atoms with Crippen molar-refractivity contribution in [1.29, 1.82) is 0 Å². The average molecular weight is 673 g/mol. The highest BCUT2D eigenvalue weighted by atomic mass is 32.2. The number of aliphatic hydroxyl groups excluding tert-OH is 1. The van der Waals surface area contributed by atoms with E-state index < -0.39 is 45.0 Å². The van der Waals surface area contributed by atoms with Crippen LogP contribution in [0.1, 0.15) is 43.2 Å². The number of aromatic nitrogens is 4. The molecule has 18 heteroatoms. The quantitative estimate of drug-likeness (QED) is 0.293. The lowest BCUT2D eigenvalue weighted by molar-refractivity contribution is -0.147. The third-order valence-corrected chi connectivity index (χ3v) is 10.7. The van der Waals surface area contributed by atoms with Crippen LogP contribution in [0.2, 0.25) is 0 Å². The second-order valence-corrected chi connectivity index (χ2v) is 13.9. The molecule has 1 saturated carbocycles. The summed E-state index contributed by atoms with van der Waals surface area (Å²) in [6.45, 7) is 0.850. The van der Waals surface area contributed by atoms with E-state index in [9.17, 15) is 31.2 Å². The number of alkyl halides is 3. The standard InChI is InChI=1S/C27H31F3N6O7S2/c1-2-35-20-18(16-3-7-34(8-4-16)23(38)27(5-6-27)43-10-9-37)11-17(45(40,41)33-26(13-28)14-42-15-26)12-19(20)36(25(35)39)24-32-31-22(44-24)21(29)30/h3,11-12,21,33,37H,2,4-10,13-15H2,1H3. The zero-order valence-corrected chi connectivity index (χ0v) is 25.8. The molecule has 2 aliphatic heterocycles. The molecule has 4 heterocycles. The Morgan fingerprint density at radius 1 is 1.27 bits per heavy atom. The maximum Gasteiger partial charge on any atom is 0.335 e. The number of fused-ring (bicyclic) bond motifs is 1. The fourth-order valence-electron chi connectivity index (χ4n) is 5.67. The van der Waals surface area contributed by atoms with Gasteiger partial charge in [0.15, 0.2) is 5.01 Å². The monoisotopic (exact) mass is 672 g/mol. The molecule has 1 aliphatic carbocycles. The first kappa shape index (κ1) is 31.8. The van der Waals surface area contributed by atoms with Gasteiger partial charge in [-0.2, -0.15) is 4.72 Å². The summed E-state index contributed by atoms with van der Waals surface area (Å²) in [6, 6.07) is 2.63. The normalized spacial score (nSPS) is 19.2. The minimum absolute atomic E-state index is 0.0444. The molecule has 3 aliphatic rings. The van der Waals surface area contributed by atoms with E-state index in [1.54, 1.807) is 17.9 Å². The third-order valence-electron chi connectivity index (χ3n) is 8.20. The Kier molecular flexibility index (Phi) is 8.40. The second-order valence-electron chi connectivity index (χ2n) is 11.2. The van der Waals surface area contributed by atoms with E-state index in [4.69, 9.17) is 14.6 Å². The van der Waals surface area contributed by atoms with E-state index >= 15 is 0 Å². The van der Waals surface area contributed by atoms with E-state index in [2.05, 4.69) is 14.9 Å². The van der Waals surface area contributed by atoms with Gasteiger partial charge in [0.05, 0.1) is 42.4 Å². The number of hydrogen-bond donors (Lipinski definition) is 2. The summed E-state index contributed by atoms with van der Waals surface area (Å²) in [5.41, 5.74) is -1.55. The first-order chi connectivity index (χ1) is 21.5. The highest BCUT2D eigenvalue weighted by Gasteiger charge is 2.53. The second kappa shape index (κ2) is 11.9. The molecule has 2 N–H and O–H groups in total. The van der Waals surface area contributed by atoms with Crippen LogP contribution in [0.3, 0.4) is 0 Å². The molecule has 0 spiro atoms. The number of imidazole rings is 1. The fraction of sp³-hybridized carbons (Fsp3) is 0.556. The number of nitrogens with one attached hydrogen (secondary N) is 1. The lowest BCUT2D eigenvalue weighted by atomic mass is 9.97. The van der Waals surface area contributed by atoms with Crippen molar-refractivity contribution in [3.05, 3.63) is 39.3 Å². The summed E-state index contributed by atoms with van der Waals surface area (Å²) in [4.78, 5) is 28.3. The molecular weight excluding hydrogens is 641 g/mol. The lowest BCUT2D eigenvalue weighted by Gasteiger charge is -2.39. The highest BCUT2D eigenvalue weighted by Crippen LogP contribution is 2.42. The number of halogens is 3. The highest BCUT2D eigenvalue weighted by molar-refractivity contribution is 7.89. The fourth-order valence-corrected chi connectivity index (χ4v) is 7.77. The van der Waals surface area contributed by atoms with Crippen LogP contribution in [0.5, 0.6) is 0 Å². The van der Waals surface area contributed by atoms with Crippen LogP contribution >= 0.6 is 11.3 Å². The molecular formula is C27H31F3N6O7S2. The van der Waals surface area contributed by atoms with Gasteiger partial charge in [-0.1, -0.05) is 17.4 Å². The largest absolute Gasteiger partial charge is 0.394 e. The summed E-state index contributed by atoms with van der Waals surface area (Å²) in [5.74, 6) is -0.195.